The number of nitrogens with one attached hydrogen (secondary N) is 1. The minimum atomic E-state index is -0.990. The van der Waals surface area contributed by atoms with E-state index in [-0.39, 0.29) is 6.61 Å². The Morgan fingerprint density at radius 1 is 1.29 bits per heavy atom. The Bertz CT molecular complexity index is 389. The standard InChI is InChI=1S/C11H14N2O4/c12-11(16)8-1-3-9(4-2-8)13-5-6-17-7-10(14)15/h1-4,13H,5-7H2,(H2,12,16)(H,14,15). The van der Waals surface area contributed by atoms with Crippen molar-refractivity contribution in [2.75, 3.05) is 25.1 Å². The van der Waals surface area contributed by atoms with Crippen LogP contribution in [0, 0.1) is 0 Å². The molecule has 6 nitrogen and oxygen atoms in total. The number of amides is 1. The van der Waals surface area contributed by atoms with Crippen molar-refractivity contribution >= 4 is 17.6 Å². The zero-order chi connectivity index (χ0) is 12.7. The quantitative estimate of drug-likeness (QED) is 0.593. The van der Waals surface area contributed by atoms with Crippen LogP contribution in [-0.2, 0) is 9.53 Å². The minimum absolute atomic E-state index is 0.296. The van der Waals surface area contributed by atoms with Gasteiger partial charge < -0.3 is 20.9 Å². The molecule has 92 valence electrons. The molecule has 1 aromatic carbocycles. The lowest BCUT2D eigenvalue weighted by Gasteiger charge is -2.06. The molecule has 0 unspecified atom stereocenters. The number of benzene rings is 1. The van der Waals surface area contributed by atoms with E-state index in [1.165, 1.54) is 0 Å². The van der Waals surface area contributed by atoms with Crippen molar-refractivity contribution in [1.82, 2.24) is 0 Å². The summed E-state index contributed by atoms with van der Waals surface area (Å²) in [6, 6.07) is 6.67. The maximum Gasteiger partial charge on any atom is 0.329 e. The molecule has 1 aromatic rings. The fourth-order valence-electron chi connectivity index (χ4n) is 1.18. The van der Waals surface area contributed by atoms with Gasteiger partial charge in [-0.25, -0.2) is 4.79 Å². The van der Waals surface area contributed by atoms with Gasteiger partial charge in [0.2, 0.25) is 5.91 Å². The molecule has 0 aliphatic carbocycles. The molecule has 0 saturated heterocycles. The highest BCUT2D eigenvalue weighted by molar-refractivity contribution is 5.93. The van der Waals surface area contributed by atoms with Crippen molar-refractivity contribution in [3.05, 3.63) is 29.8 Å². The summed E-state index contributed by atoms with van der Waals surface area (Å²) in [4.78, 5) is 20.9. The SMILES string of the molecule is NC(=O)c1ccc(NCCOCC(=O)O)cc1. The topological polar surface area (TPSA) is 102 Å². The van der Waals surface area contributed by atoms with Gasteiger partial charge in [-0.15, -0.1) is 0 Å². The van der Waals surface area contributed by atoms with E-state index >= 15 is 0 Å². The van der Waals surface area contributed by atoms with Gasteiger partial charge in [0.1, 0.15) is 6.61 Å². The molecule has 0 atom stereocenters. The first-order valence-corrected chi connectivity index (χ1v) is 5.03. The van der Waals surface area contributed by atoms with E-state index in [0.717, 1.165) is 5.69 Å². The van der Waals surface area contributed by atoms with Crippen LogP contribution in [0.1, 0.15) is 10.4 Å². The molecule has 0 radical (unpaired) electrons. The van der Waals surface area contributed by atoms with Gasteiger partial charge in [0.25, 0.3) is 0 Å². The van der Waals surface area contributed by atoms with Gasteiger partial charge in [-0.2, -0.15) is 0 Å². The number of rotatable bonds is 7. The Morgan fingerprint density at radius 3 is 2.47 bits per heavy atom. The van der Waals surface area contributed by atoms with Crippen LogP contribution in [0.2, 0.25) is 0 Å². The second-order valence-corrected chi connectivity index (χ2v) is 3.31. The summed E-state index contributed by atoms with van der Waals surface area (Å²) in [5.74, 6) is -1.46. The van der Waals surface area contributed by atoms with Crippen LogP contribution in [0.3, 0.4) is 0 Å². The van der Waals surface area contributed by atoms with Gasteiger partial charge in [-0.05, 0) is 24.3 Å². The second-order valence-electron chi connectivity index (χ2n) is 3.31. The van der Waals surface area contributed by atoms with Crippen LogP contribution in [0.15, 0.2) is 24.3 Å². The molecule has 0 aliphatic heterocycles. The van der Waals surface area contributed by atoms with Gasteiger partial charge in [-0.3, -0.25) is 4.79 Å². The number of carboxylic acid groups (broad SMARTS) is 1. The fraction of sp³-hybridized carbons (Fsp3) is 0.273. The summed E-state index contributed by atoms with van der Waals surface area (Å²) in [7, 11) is 0. The number of aliphatic carboxylic acids is 1. The van der Waals surface area contributed by atoms with Crippen LogP contribution in [-0.4, -0.2) is 36.7 Å². The van der Waals surface area contributed by atoms with Crippen LogP contribution in [0.4, 0.5) is 5.69 Å². The van der Waals surface area contributed by atoms with E-state index in [1.807, 2.05) is 0 Å². The Labute approximate surface area is 98.4 Å². The molecular weight excluding hydrogens is 224 g/mol. The van der Waals surface area contributed by atoms with Gasteiger partial charge in [0.05, 0.1) is 6.61 Å². The molecular formula is C11H14N2O4. The predicted octanol–water partition coefficient (Wildman–Crippen LogP) is 0.299. The van der Waals surface area contributed by atoms with Crippen molar-refractivity contribution in [3.8, 4) is 0 Å². The van der Waals surface area contributed by atoms with Crippen LogP contribution >= 0.6 is 0 Å². The molecule has 17 heavy (non-hydrogen) atoms. The molecule has 0 aliphatic rings. The number of anilines is 1. The number of carbonyl (C=O) groups excluding carboxylic acids is 1. The predicted molar refractivity (Wildman–Crippen MR) is 61.9 cm³/mol. The molecule has 0 aromatic heterocycles. The first kappa shape index (κ1) is 13.0. The number of carboxylic acids is 1. The van der Waals surface area contributed by atoms with Gasteiger partial charge in [0, 0.05) is 17.8 Å². The third-order valence-electron chi connectivity index (χ3n) is 1.97. The van der Waals surface area contributed by atoms with Gasteiger partial charge in [-0.1, -0.05) is 0 Å². The molecule has 0 saturated carbocycles. The van der Waals surface area contributed by atoms with Gasteiger partial charge in [0.15, 0.2) is 0 Å². The summed E-state index contributed by atoms with van der Waals surface area (Å²) in [5, 5.41) is 11.3. The van der Waals surface area contributed by atoms with E-state index in [2.05, 4.69) is 5.32 Å². The highest BCUT2D eigenvalue weighted by Gasteiger charge is 1.99. The largest absolute Gasteiger partial charge is 0.480 e. The first-order valence-electron chi connectivity index (χ1n) is 5.03. The molecule has 4 N–H and O–H groups in total. The summed E-state index contributed by atoms with van der Waals surface area (Å²) >= 11 is 0. The molecule has 0 bridgehead atoms. The summed E-state index contributed by atoms with van der Waals surface area (Å²) < 4.78 is 4.84. The number of hydrogen-bond acceptors (Lipinski definition) is 4. The van der Waals surface area contributed by atoms with E-state index in [1.54, 1.807) is 24.3 Å². The lowest BCUT2D eigenvalue weighted by molar-refractivity contribution is -0.142. The smallest absolute Gasteiger partial charge is 0.329 e. The first-order chi connectivity index (χ1) is 8.09. The van der Waals surface area contributed by atoms with Crippen molar-refractivity contribution in [1.29, 1.82) is 0 Å². The normalized spacial score (nSPS) is 9.88. The third kappa shape index (κ3) is 4.98. The molecule has 1 amide bonds. The lowest BCUT2D eigenvalue weighted by Crippen LogP contribution is -2.14. The highest BCUT2D eigenvalue weighted by atomic mass is 16.5. The Balaban J connectivity index is 2.27. The molecule has 1 rings (SSSR count). The van der Waals surface area contributed by atoms with Crippen molar-refractivity contribution in [3.63, 3.8) is 0 Å². The van der Waals surface area contributed by atoms with Crippen molar-refractivity contribution in [2.24, 2.45) is 5.73 Å². The van der Waals surface area contributed by atoms with E-state index in [0.29, 0.717) is 18.7 Å². The van der Waals surface area contributed by atoms with E-state index < -0.39 is 11.9 Å². The number of ether oxygens (including phenoxy) is 1. The third-order valence-corrected chi connectivity index (χ3v) is 1.97. The Morgan fingerprint density at radius 2 is 1.94 bits per heavy atom. The highest BCUT2D eigenvalue weighted by Crippen LogP contribution is 2.08. The number of nitrogens with two attached hydrogens (primary N) is 1. The Kier molecular flexibility index (Phi) is 4.96. The Hall–Kier alpha value is -2.08. The number of primary amides is 1. The lowest BCUT2D eigenvalue weighted by atomic mass is 10.2. The molecule has 0 heterocycles. The molecule has 0 fully saturated rings. The maximum atomic E-state index is 10.8. The van der Waals surface area contributed by atoms with E-state index in [9.17, 15) is 9.59 Å². The van der Waals surface area contributed by atoms with Crippen molar-refractivity contribution in [2.45, 2.75) is 0 Å². The monoisotopic (exact) mass is 238 g/mol. The maximum absolute atomic E-state index is 10.8. The average Bonchev–Trinajstić information content (AvgIpc) is 2.29. The number of carbonyl (C=O) groups is 2. The fourth-order valence-corrected chi connectivity index (χ4v) is 1.18. The van der Waals surface area contributed by atoms with Crippen molar-refractivity contribution < 1.29 is 19.4 Å². The average molecular weight is 238 g/mol. The van der Waals surface area contributed by atoms with Crippen LogP contribution in [0.25, 0.3) is 0 Å². The van der Waals surface area contributed by atoms with Gasteiger partial charge >= 0.3 is 5.97 Å². The molecule has 6 heteroatoms. The van der Waals surface area contributed by atoms with Crippen LogP contribution in [0.5, 0.6) is 0 Å². The summed E-state index contributed by atoms with van der Waals surface area (Å²) in [5.41, 5.74) is 6.35. The van der Waals surface area contributed by atoms with E-state index in [4.69, 9.17) is 15.6 Å². The number of hydrogen-bond donors (Lipinski definition) is 3. The zero-order valence-corrected chi connectivity index (χ0v) is 9.18. The minimum Gasteiger partial charge on any atom is -0.480 e. The van der Waals surface area contributed by atoms with Crippen LogP contribution < -0.4 is 11.1 Å². The molecule has 0 spiro atoms. The second kappa shape index (κ2) is 6.49. The zero-order valence-electron chi connectivity index (χ0n) is 9.18. The summed E-state index contributed by atoms with van der Waals surface area (Å²) in [6.45, 7) is 0.482. The summed E-state index contributed by atoms with van der Waals surface area (Å²) in [6.07, 6.45) is 0.